The first kappa shape index (κ1) is 23.1. The van der Waals surface area contributed by atoms with Crippen LogP contribution in [-0.4, -0.2) is 34.3 Å². The van der Waals surface area contributed by atoms with Crippen LogP contribution in [0.3, 0.4) is 0 Å². The molecular weight excluding hydrogens is 428 g/mol. The molecule has 3 N–H and O–H groups in total. The number of aryl methyl sites for hydroxylation is 3. The third-order valence-corrected chi connectivity index (χ3v) is 5.58. The number of hydrogen-bond donors (Lipinski definition) is 3. The molecule has 3 aromatic rings. The Bertz CT molecular complexity index is 1210. The summed E-state index contributed by atoms with van der Waals surface area (Å²) >= 11 is 6.12. The van der Waals surface area contributed by atoms with Crippen molar-refractivity contribution in [3.8, 4) is 5.69 Å². The smallest absolute Gasteiger partial charge is 0.337 e. The van der Waals surface area contributed by atoms with E-state index in [0.29, 0.717) is 0 Å². The summed E-state index contributed by atoms with van der Waals surface area (Å²) in [4.78, 5) is 23.3. The summed E-state index contributed by atoms with van der Waals surface area (Å²) in [5.74, 6) is -1.33. The molecule has 0 fully saturated rings. The van der Waals surface area contributed by atoms with Gasteiger partial charge in [0.25, 0.3) is 5.91 Å². The molecule has 0 aliphatic carbocycles. The third kappa shape index (κ3) is 5.18. The minimum atomic E-state index is -1.07. The first-order valence-corrected chi connectivity index (χ1v) is 10.4. The fourth-order valence-electron chi connectivity index (χ4n) is 3.38. The Morgan fingerprint density at radius 1 is 1.06 bits per heavy atom. The van der Waals surface area contributed by atoms with Crippen LogP contribution in [0.15, 0.2) is 47.6 Å². The second-order valence-corrected chi connectivity index (χ2v) is 7.98. The number of rotatable bonds is 7. The molecule has 0 unspecified atom stereocenters. The molecule has 7 nitrogen and oxygen atoms in total. The summed E-state index contributed by atoms with van der Waals surface area (Å²) in [6.07, 6.45) is 1.58. The summed E-state index contributed by atoms with van der Waals surface area (Å²) in [6, 6.07) is 12.7. The molecule has 0 saturated carbocycles. The number of aromatic carboxylic acids is 1. The molecule has 0 radical (unpaired) electrons. The SMILES string of the molecule is Cc1ccc(NCC(=O)N/N=C\c2cc(C)n(-c3ccc(C(=O)O)c(Cl)c3)c2C)cc1C. The second-order valence-electron chi connectivity index (χ2n) is 7.58. The van der Waals surface area contributed by atoms with Crippen LogP contribution in [-0.2, 0) is 4.79 Å². The van der Waals surface area contributed by atoms with Crippen LogP contribution in [0, 0.1) is 27.7 Å². The minimum Gasteiger partial charge on any atom is -0.478 e. The van der Waals surface area contributed by atoms with Crippen LogP contribution >= 0.6 is 11.6 Å². The molecule has 3 rings (SSSR count). The van der Waals surface area contributed by atoms with E-state index in [4.69, 9.17) is 16.7 Å². The zero-order chi connectivity index (χ0) is 23.4. The van der Waals surface area contributed by atoms with Gasteiger partial charge in [0.2, 0.25) is 0 Å². The maximum atomic E-state index is 12.1. The molecule has 8 heteroatoms. The predicted molar refractivity (Wildman–Crippen MR) is 127 cm³/mol. The summed E-state index contributed by atoms with van der Waals surface area (Å²) in [7, 11) is 0. The Balaban J connectivity index is 1.66. The van der Waals surface area contributed by atoms with Gasteiger partial charge in [-0.1, -0.05) is 17.7 Å². The van der Waals surface area contributed by atoms with E-state index in [0.717, 1.165) is 33.9 Å². The number of hydrogen-bond acceptors (Lipinski definition) is 4. The predicted octanol–water partition coefficient (Wildman–Crippen LogP) is 4.62. The van der Waals surface area contributed by atoms with E-state index in [1.54, 1.807) is 18.3 Å². The van der Waals surface area contributed by atoms with Crippen molar-refractivity contribution < 1.29 is 14.7 Å². The highest BCUT2D eigenvalue weighted by molar-refractivity contribution is 6.33. The largest absolute Gasteiger partial charge is 0.478 e. The normalized spacial score (nSPS) is 11.0. The van der Waals surface area contributed by atoms with E-state index in [9.17, 15) is 9.59 Å². The molecule has 1 aromatic heterocycles. The molecule has 1 amide bonds. The van der Waals surface area contributed by atoms with Gasteiger partial charge >= 0.3 is 5.97 Å². The number of nitrogens with zero attached hydrogens (tertiary/aromatic N) is 2. The van der Waals surface area contributed by atoms with Crippen molar-refractivity contribution in [1.29, 1.82) is 0 Å². The number of benzene rings is 2. The van der Waals surface area contributed by atoms with Crippen molar-refractivity contribution in [3.05, 3.63) is 81.1 Å². The quantitative estimate of drug-likeness (QED) is 0.360. The van der Waals surface area contributed by atoms with Crippen LogP contribution < -0.4 is 10.7 Å². The van der Waals surface area contributed by atoms with Gasteiger partial charge in [0, 0.05) is 28.3 Å². The van der Waals surface area contributed by atoms with Crippen molar-refractivity contribution in [2.45, 2.75) is 27.7 Å². The van der Waals surface area contributed by atoms with E-state index in [1.165, 1.54) is 11.6 Å². The van der Waals surface area contributed by atoms with E-state index >= 15 is 0 Å². The Labute approximate surface area is 191 Å². The maximum absolute atomic E-state index is 12.1. The number of nitrogens with one attached hydrogen (secondary N) is 2. The van der Waals surface area contributed by atoms with Gasteiger partial charge in [-0.15, -0.1) is 0 Å². The Hall–Kier alpha value is -3.58. The lowest BCUT2D eigenvalue weighted by Gasteiger charge is -2.11. The molecule has 2 aromatic carbocycles. The Kier molecular flexibility index (Phi) is 7.00. The number of carboxylic acid groups (broad SMARTS) is 1. The number of halogens is 1. The number of carbonyl (C=O) groups excluding carboxylic acids is 1. The molecule has 0 saturated heterocycles. The van der Waals surface area contributed by atoms with Gasteiger partial charge < -0.3 is 15.0 Å². The zero-order valence-corrected chi connectivity index (χ0v) is 19.1. The molecule has 1 heterocycles. The summed E-state index contributed by atoms with van der Waals surface area (Å²) in [6.45, 7) is 8.01. The molecule has 0 aliphatic rings. The van der Waals surface area contributed by atoms with Gasteiger partial charge in [0.15, 0.2) is 0 Å². The highest BCUT2D eigenvalue weighted by atomic mass is 35.5. The average Bonchev–Trinajstić information content (AvgIpc) is 3.01. The molecule has 32 heavy (non-hydrogen) atoms. The van der Waals surface area contributed by atoms with Gasteiger partial charge in [0.1, 0.15) is 0 Å². The monoisotopic (exact) mass is 452 g/mol. The van der Waals surface area contributed by atoms with Crippen LogP contribution in [0.2, 0.25) is 5.02 Å². The van der Waals surface area contributed by atoms with Crippen molar-refractivity contribution in [2.75, 3.05) is 11.9 Å². The number of carboxylic acids is 1. The molecule has 0 atom stereocenters. The number of hydrazone groups is 1. The lowest BCUT2D eigenvalue weighted by molar-refractivity contribution is -0.119. The van der Waals surface area contributed by atoms with Gasteiger partial charge in [-0.3, -0.25) is 4.79 Å². The minimum absolute atomic E-state index is 0.0526. The highest BCUT2D eigenvalue weighted by Gasteiger charge is 2.13. The zero-order valence-electron chi connectivity index (χ0n) is 18.4. The molecule has 166 valence electrons. The average molecular weight is 453 g/mol. The van der Waals surface area contributed by atoms with Crippen LogP contribution in [0.4, 0.5) is 5.69 Å². The number of aromatic nitrogens is 1. The van der Waals surface area contributed by atoms with Gasteiger partial charge in [-0.25, -0.2) is 10.2 Å². The molecular formula is C24H25ClN4O3. The van der Waals surface area contributed by atoms with E-state index in [-0.39, 0.29) is 23.0 Å². The van der Waals surface area contributed by atoms with Crippen LogP contribution in [0.25, 0.3) is 5.69 Å². The number of anilines is 1. The van der Waals surface area contributed by atoms with E-state index < -0.39 is 5.97 Å². The Morgan fingerprint density at radius 2 is 1.81 bits per heavy atom. The topological polar surface area (TPSA) is 95.7 Å². The Morgan fingerprint density at radius 3 is 2.47 bits per heavy atom. The fourth-order valence-corrected chi connectivity index (χ4v) is 3.63. The van der Waals surface area contributed by atoms with Gasteiger partial charge in [-0.2, -0.15) is 5.10 Å². The molecule has 0 spiro atoms. The van der Waals surface area contributed by atoms with Gasteiger partial charge in [0.05, 0.1) is 23.3 Å². The fraction of sp³-hybridized carbons (Fsp3) is 0.208. The van der Waals surface area contributed by atoms with E-state index in [2.05, 4.69) is 15.8 Å². The lowest BCUT2D eigenvalue weighted by Crippen LogP contribution is -2.25. The van der Waals surface area contributed by atoms with Crippen molar-refractivity contribution in [1.82, 2.24) is 9.99 Å². The maximum Gasteiger partial charge on any atom is 0.337 e. The number of carbonyl (C=O) groups is 2. The standard InChI is InChI=1S/C24H25ClN4O3/c1-14-5-6-19(9-15(14)2)26-13-23(30)28-27-12-18-10-16(3)29(17(18)4)20-7-8-21(24(31)32)22(25)11-20/h5-12,26H,13H2,1-4H3,(H,28,30)(H,31,32)/b27-12-. The lowest BCUT2D eigenvalue weighted by atomic mass is 10.1. The van der Waals surface area contributed by atoms with Crippen molar-refractivity contribution in [2.24, 2.45) is 5.10 Å². The van der Waals surface area contributed by atoms with Crippen LogP contribution in [0.1, 0.15) is 38.4 Å². The van der Waals surface area contributed by atoms with E-state index in [1.807, 2.05) is 56.5 Å². The second kappa shape index (κ2) is 9.70. The van der Waals surface area contributed by atoms with Crippen molar-refractivity contribution >= 4 is 35.4 Å². The first-order chi connectivity index (χ1) is 15.2. The molecule has 0 bridgehead atoms. The number of amides is 1. The van der Waals surface area contributed by atoms with Crippen molar-refractivity contribution in [3.63, 3.8) is 0 Å². The highest BCUT2D eigenvalue weighted by Crippen LogP contribution is 2.25. The molecule has 0 aliphatic heterocycles. The van der Waals surface area contributed by atoms with Gasteiger partial charge in [-0.05, 0) is 75.2 Å². The van der Waals surface area contributed by atoms with Crippen LogP contribution in [0.5, 0.6) is 0 Å². The summed E-state index contributed by atoms with van der Waals surface area (Å²) in [5.41, 5.74) is 9.18. The summed E-state index contributed by atoms with van der Waals surface area (Å²) < 4.78 is 1.95. The first-order valence-electron chi connectivity index (χ1n) is 10.0. The third-order valence-electron chi connectivity index (χ3n) is 5.26. The summed E-state index contributed by atoms with van der Waals surface area (Å²) in [5, 5.41) is 16.5.